The number of benzene rings is 1. The van der Waals surface area contributed by atoms with Gasteiger partial charge in [0, 0.05) is 29.0 Å². The van der Waals surface area contributed by atoms with Crippen molar-refractivity contribution in [2.45, 2.75) is 20.4 Å². The molecule has 1 rings (SSSR count). The summed E-state index contributed by atoms with van der Waals surface area (Å²) in [4.78, 5) is 2.64. The lowest BCUT2D eigenvalue weighted by molar-refractivity contribution is 0.260. The molecule has 5 heteroatoms. The summed E-state index contributed by atoms with van der Waals surface area (Å²) >= 11 is 8.32. The molecule has 0 fully saturated rings. The minimum Gasteiger partial charge on any atom is -0.393 e. The standard InChI is InChI=1S/C13H18BrFN2S/c1-3-17(7-9(2)13(16)18)8-10-6-11(14)4-5-12(10)15/h4-6,9H,3,7-8H2,1-2H3,(H2,16,18). The average molecular weight is 333 g/mol. The highest BCUT2D eigenvalue weighted by molar-refractivity contribution is 9.10. The van der Waals surface area contributed by atoms with E-state index in [0.717, 1.165) is 17.6 Å². The van der Waals surface area contributed by atoms with Crippen LogP contribution in [-0.4, -0.2) is 23.0 Å². The maximum Gasteiger partial charge on any atom is 0.127 e. The SMILES string of the molecule is CCN(Cc1cc(Br)ccc1F)CC(C)C(N)=S. The molecule has 0 aliphatic heterocycles. The Hall–Kier alpha value is -0.520. The molecular weight excluding hydrogens is 315 g/mol. The molecule has 0 bridgehead atoms. The normalized spacial score (nSPS) is 12.7. The first-order chi connectivity index (χ1) is 8.43. The average Bonchev–Trinajstić information content (AvgIpc) is 2.32. The van der Waals surface area contributed by atoms with Crippen LogP contribution in [0.3, 0.4) is 0 Å². The van der Waals surface area contributed by atoms with Crippen molar-refractivity contribution < 1.29 is 4.39 Å². The molecule has 100 valence electrons. The van der Waals surface area contributed by atoms with Crippen molar-refractivity contribution in [1.29, 1.82) is 0 Å². The lowest BCUT2D eigenvalue weighted by Gasteiger charge is -2.24. The van der Waals surface area contributed by atoms with Gasteiger partial charge in [-0.25, -0.2) is 4.39 Å². The topological polar surface area (TPSA) is 29.3 Å². The van der Waals surface area contributed by atoms with Gasteiger partial charge >= 0.3 is 0 Å². The molecule has 1 aromatic carbocycles. The smallest absolute Gasteiger partial charge is 0.127 e. The third kappa shape index (κ3) is 4.63. The lowest BCUT2D eigenvalue weighted by Crippen LogP contribution is -2.33. The van der Waals surface area contributed by atoms with Gasteiger partial charge in [-0.2, -0.15) is 0 Å². The molecule has 0 aliphatic carbocycles. The van der Waals surface area contributed by atoms with Crippen molar-refractivity contribution >= 4 is 33.1 Å². The van der Waals surface area contributed by atoms with E-state index in [0.29, 0.717) is 17.1 Å². The van der Waals surface area contributed by atoms with E-state index < -0.39 is 0 Å². The predicted molar refractivity (Wildman–Crippen MR) is 81.0 cm³/mol. The Kier molecular flexibility index (Phi) is 6.18. The Morgan fingerprint density at radius 1 is 1.56 bits per heavy atom. The van der Waals surface area contributed by atoms with Gasteiger partial charge in [0.1, 0.15) is 5.82 Å². The zero-order valence-electron chi connectivity index (χ0n) is 10.6. The largest absolute Gasteiger partial charge is 0.393 e. The summed E-state index contributed by atoms with van der Waals surface area (Å²) in [6.07, 6.45) is 0. The van der Waals surface area contributed by atoms with Crippen LogP contribution in [0.25, 0.3) is 0 Å². The van der Waals surface area contributed by atoms with Crippen LogP contribution in [0.4, 0.5) is 4.39 Å². The second-order valence-electron chi connectivity index (χ2n) is 4.37. The Bertz CT molecular complexity index is 425. The first kappa shape index (κ1) is 15.5. The van der Waals surface area contributed by atoms with Crippen LogP contribution in [0.15, 0.2) is 22.7 Å². The molecule has 0 amide bonds. The summed E-state index contributed by atoms with van der Waals surface area (Å²) in [5.41, 5.74) is 6.29. The molecule has 0 aromatic heterocycles. The Morgan fingerprint density at radius 2 is 2.22 bits per heavy atom. The highest BCUT2D eigenvalue weighted by atomic mass is 79.9. The van der Waals surface area contributed by atoms with Gasteiger partial charge < -0.3 is 5.73 Å². The number of hydrogen-bond donors (Lipinski definition) is 1. The van der Waals surface area contributed by atoms with Gasteiger partial charge in [0.15, 0.2) is 0 Å². The van der Waals surface area contributed by atoms with Crippen LogP contribution >= 0.6 is 28.1 Å². The van der Waals surface area contributed by atoms with Crippen LogP contribution in [0.1, 0.15) is 19.4 Å². The van der Waals surface area contributed by atoms with Crippen molar-refractivity contribution in [3.05, 3.63) is 34.1 Å². The van der Waals surface area contributed by atoms with Gasteiger partial charge in [-0.3, -0.25) is 4.90 Å². The minimum absolute atomic E-state index is 0.134. The van der Waals surface area contributed by atoms with Gasteiger partial charge in [-0.05, 0) is 24.7 Å². The van der Waals surface area contributed by atoms with Crippen LogP contribution < -0.4 is 5.73 Å². The molecule has 0 spiro atoms. The van der Waals surface area contributed by atoms with Gasteiger partial charge in [0.05, 0.1) is 4.99 Å². The van der Waals surface area contributed by atoms with E-state index in [2.05, 4.69) is 20.8 Å². The summed E-state index contributed by atoms with van der Waals surface area (Å²) in [5, 5.41) is 0. The third-order valence-corrected chi connectivity index (χ3v) is 3.76. The first-order valence-electron chi connectivity index (χ1n) is 5.89. The highest BCUT2D eigenvalue weighted by Gasteiger charge is 2.13. The molecule has 0 saturated heterocycles. The minimum atomic E-state index is -0.181. The molecule has 1 atom stereocenters. The quantitative estimate of drug-likeness (QED) is 0.810. The maximum atomic E-state index is 13.7. The number of nitrogens with zero attached hydrogens (tertiary/aromatic N) is 1. The fourth-order valence-corrected chi connectivity index (χ4v) is 2.17. The van der Waals surface area contributed by atoms with Crippen LogP contribution in [0.2, 0.25) is 0 Å². The number of halogens is 2. The molecule has 18 heavy (non-hydrogen) atoms. The fourth-order valence-electron chi connectivity index (χ4n) is 1.69. The van der Waals surface area contributed by atoms with Crippen molar-refractivity contribution in [3.63, 3.8) is 0 Å². The first-order valence-corrected chi connectivity index (χ1v) is 7.09. The number of hydrogen-bond acceptors (Lipinski definition) is 2. The van der Waals surface area contributed by atoms with Crippen LogP contribution in [-0.2, 0) is 6.54 Å². The van der Waals surface area contributed by atoms with E-state index in [1.54, 1.807) is 6.07 Å². The van der Waals surface area contributed by atoms with Crippen LogP contribution in [0.5, 0.6) is 0 Å². The van der Waals surface area contributed by atoms with E-state index in [4.69, 9.17) is 18.0 Å². The second-order valence-corrected chi connectivity index (χ2v) is 5.75. The summed E-state index contributed by atoms with van der Waals surface area (Å²) in [5.74, 6) is -0.0465. The summed E-state index contributed by atoms with van der Waals surface area (Å²) < 4.78 is 14.6. The van der Waals surface area contributed by atoms with Gasteiger partial charge in [0.2, 0.25) is 0 Å². The van der Waals surface area contributed by atoms with Crippen molar-refractivity contribution in [2.24, 2.45) is 11.7 Å². The van der Waals surface area contributed by atoms with Crippen molar-refractivity contribution in [1.82, 2.24) is 4.90 Å². The number of rotatable bonds is 6. The molecule has 1 aromatic rings. The lowest BCUT2D eigenvalue weighted by atomic mass is 10.1. The van der Waals surface area contributed by atoms with Gasteiger partial charge in [-0.1, -0.05) is 42.0 Å². The predicted octanol–water partition coefficient (Wildman–Crippen LogP) is 3.33. The van der Waals surface area contributed by atoms with E-state index >= 15 is 0 Å². The molecule has 2 N–H and O–H groups in total. The molecule has 0 radical (unpaired) electrons. The third-order valence-electron chi connectivity index (χ3n) is 2.87. The highest BCUT2D eigenvalue weighted by Crippen LogP contribution is 2.17. The second kappa shape index (κ2) is 7.16. The molecular formula is C13H18BrFN2S. The Balaban J connectivity index is 2.73. The Labute approximate surface area is 121 Å². The summed E-state index contributed by atoms with van der Waals surface area (Å²) in [7, 11) is 0. The van der Waals surface area contributed by atoms with E-state index in [1.165, 1.54) is 6.07 Å². The number of thiocarbonyl (C=S) groups is 1. The van der Waals surface area contributed by atoms with E-state index in [9.17, 15) is 4.39 Å². The van der Waals surface area contributed by atoms with Crippen molar-refractivity contribution in [3.8, 4) is 0 Å². The zero-order valence-corrected chi connectivity index (χ0v) is 13.0. The van der Waals surface area contributed by atoms with E-state index in [1.807, 2.05) is 19.9 Å². The number of nitrogens with two attached hydrogens (primary N) is 1. The maximum absolute atomic E-state index is 13.7. The summed E-state index contributed by atoms with van der Waals surface area (Å²) in [6, 6.07) is 4.99. The molecule has 0 heterocycles. The molecule has 0 aliphatic rings. The molecule has 1 unspecified atom stereocenters. The van der Waals surface area contributed by atoms with Gasteiger partial charge in [0.25, 0.3) is 0 Å². The fraction of sp³-hybridized carbons (Fsp3) is 0.462. The van der Waals surface area contributed by atoms with Gasteiger partial charge in [-0.15, -0.1) is 0 Å². The monoisotopic (exact) mass is 332 g/mol. The Morgan fingerprint density at radius 3 is 2.78 bits per heavy atom. The summed E-state index contributed by atoms with van der Waals surface area (Å²) in [6.45, 7) is 6.18. The molecule has 0 saturated carbocycles. The van der Waals surface area contributed by atoms with Crippen molar-refractivity contribution in [2.75, 3.05) is 13.1 Å². The molecule has 2 nitrogen and oxygen atoms in total. The zero-order chi connectivity index (χ0) is 13.7. The van der Waals surface area contributed by atoms with E-state index in [-0.39, 0.29) is 11.7 Å². The van der Waals surface area contributed by atoms with Crippen LogP contribution in [0, 0.1) is 11.7 Å².